The Hall–Kier alpha value is -2.79. The van der Waals surface area contributed by atoms with Crippen LogP contribution in [0.15, 0.2) is 48.7 Å². The maximum absolute atomic E-state index is 13.0. The van der Waals surface area contributed by atoms with Gasteiger partial charge in [0.25, 0.3) is 0 Å². The minimum absolute atomic E-state index is 0.0888. The molecule has 0 radical (unpaired) electrons. The van der Waals surface area contributed by atoms with Gasteiger partial charge in [-0.3, -0.25) is 9.59 Å². The normalized spacial score (nSPS) is 17.9. The molecule has 1 N–H and O–H groups in total. The standard InChI is InChI=1S/C23H24ClN3O2/c1-16(28)27-13-10-17-6-2-3-7-19(17)22(27)15-23(29)25-20-14-18(24)8-9-21(20)26-11-4-5-12-26/h2-3,6-10,13-14,22H,4-5,11-12,15H2,1H3,(H,25,29)/t22-/m0/s1. The molecule has 150 valence electrons. The minimum Gasteiger partial charge on any atom is -0.370 e. The molecular weight excluding hydrogens is 386 g/mol. The van der Waals surface area contributed by atoms with E-state index in [0.29, 0.717) is 5.02 Å². The lowest BCUT2D eigenvalue weighted by Crippen LogP contribution is -2.33. The van der Waals surface area contributed by atoms with Gasteiger partial charge < -0.3 is 15.1 Å². The van der Waals surface area contributed by atoms with Crippen LogP contribution in [-0.2, 0) is 9.59 Å². The molecule has 6 heteroatoms. The molecule has 4 rings (SSSR count). The van der Waals surface area contributed by atoms with Crippen LogP contribution < -0.4 is 10.2 Å². The largest absolute Gasteiger partial charge is 0.370 e. The maximum Gasteiger partial charge on any atom is 0.226 e. The summed E-state index contributed by atoms with van der Waals surface area (Å²) in [6.07, 6.45) is 6.14. The molecule has 2 aliphatic heterocycles. The molecule has 29 heavy (non-hydrogen) atoms. The number of anilines is 2. The number of carbonyl (C=O) groups is 2. The van der Waals surface area contributed by atoms with Crippen molar-refractivity contribution in [1.82, 2.24) is 4.90 Å². The molecule has 2 amide bonds. The number of benzene rings is 2. The maximum atomic E-state index is 13.0. The average Bonchev–Trinajstić information content (AvgIpc) is 3.22. The second kappa shape index (κ2) is 8.29. The second-order valence-electron chi connectivity index (χ2n) is 7.49. The number of halogens is 1. The number of amides is 2. The number of rotatable bonds is 4. The first-order valence-corrected chi connectivity index (χ1v) is 10.3. The number of nitrogens with one attached hydrogen (secondary N) is 1. The van der Waals surface area contributed by atoms with Gasteiger partial charge in [-0.2, -0.15) is 0 Å². The SMILES string of the molecule is CC(=O)N1C=Cc2ccccc2[C@@H]1CC(=O)Nc1cc(Cl)ccc1N1CCCC1. The van der Waals surface area contributed by atoms with Crippen LogP contribution in [0.4, 0.5) is 11.4 Å². The Kier molecular flexibility index (Phi) is 5.58. The zero-order chi connectivity index (χ0) is 20.4. The van der Waals surface area contributed by atoms with Gasteiger partial charge in [0.2, 0.25) is 11.8 Å². The molecule has 2 aliphatic rings. The molecule has 2 heterocycles. The molecule has 0 bridgehead atoms. The van der Waals surface area contributed by atoms with Crippen molar-refractivity contribution in [2.24, 2.45) is 0 Å². The lowest BCUT2D eigenvalue weighted by Gasteiger charge is -2.32. The van der Waals surface area contributed by atoms with E-state index in [-0.39, 0.29) is 24.3 Å². The Morgan fingerprint density at radius 2 is 1.90 bits per heavy atom. The van der Waals surface area contributed by atoms with Gasteiger partial charge in [-0.05, 0) is 48.2 Å². The predicted octanol–water partition coefficient (Wildman–Crippen LogP) is 4.84. The van der Waals surface area contributed by atoms with E-state index in [4.69, 9.17) is 11.6 Å². The van der Waals surface area contributed by atoms with E-state index in [0.717, 1.165) is 48.4 Å². The van der Waals surface area contributed by atoms with Gasteiger partial charge in [0.15, 0.2) is 0 Å². The van der Waals surface area contributed by atoms with Crippen molar-refractivity contribution in [2.45, 2.75) is 32.2 Å². The van der Waals surface area contributed by atoms with E-state index in [1.807, 2.05) is 42.5 Å². The van der Waals surface area contributed by atoms with Crippen LogP contribution in [0.1, 0.15) is 43.4 Å². The van der Waals surface area contributed by atoms with Crippen LogP contribution in [0.2, 0.25) is 5.02 Å². The van der Waals surface area contributed by atoms with E-state index in [1.165, 1.54) is 6.92 Å². The van der Waals surface area contributed by atoms with E-state index < -0.39 is 0 Å². The summed E-state index contributed by atoms with van der Waals surface area (Å²) in [5.74, 6) is -0.233. The molecule has 0 spiro atoms. The highest BCUT2D eigenvalue weighted by Crippen LogP contribution is 2.35. The van der Waals surface area contributed by atoms with Gasteiger partial charge in [-0.1, -0.05) is 35.9 Å². The van der Waals surface area contributed by atoms with Gasteiger partial charge in [0.1, 0.15) is 0 Å². The molecule has 2 aromatic rings. The van der Waals surface area contributed by atoms with Gasteiger partial charge in [0.05, 0.1) is 23.8 Å². The molecule has 0 aliphatic carbocycles. The molecule has 0 saturated carbocycles. The van der Waals surface area contributed by atoms with E-state index >= 15 is 0 Å². The number of fused-ring (bicyclic) bond motifs is 1. The van der Waals surface area contributed by atoms with Gasteiger partial charge in [-0.25, -0.2) is 0 Å². The first kappa shape index (κ1) is 19.5. The highest BCUT2D eigenvalue weighted by molar-refractivity contribution is 6.31. The molecule has 0 unspecified atom stereocenters. The Balaban J connectivity index is 1.57. The van der Waals surface area contributed by atoms with Crippen LogP contribution >= 0.6 is 11.6 Å². The fraction of sp³-hybridized carbons (Fsp3) is 0.304. The van der Waals surface area contributed by atoms with E-state index in [9.17, 15) is 9.59 Å². The van der Waals surface area contributed by atoms with Crippen molar-refractivity contribution in [2.75, 3.05) is 23.3 Å². The fourth-order valence-corrected chi connectivity index (χ4v) is 4.30. The van der Waals surface area contributed by atoms with Crippen LogP contribution in [0.5, 0.6) is 0 Å². The molecule has 0 aromatic heterocycles. The molecular formula is C23H24ClN3O2. The zero-order valence-corrected chi connectivity index (χ0v) is 17.2. The third-order valence-electron chi connectivity index (χ3n) is 5.53. The Labute approximate surface area is 175 Å². The van der Waals surface area contributed by atoms with Crippen LogP contribution in [0, 0.1) is 0 Å². The summed E-state index contributed by atoms with van der Waals surface area (Å²) in [5, 5.41) is 3.62. The first-order chi connectivity index (χ1) is 14.0. The summed E-state index contributed by atoms with van der Waals surface area (Å²) in [4.78, 5) is 29.0. The van der Waals surface area contributed by atoms with Gasteiger partial charge >= 0.3 is 0 Å². The number of nitrogens with zero attached hydrogens (tertiary/aromatic N) is 2. The molecule has 2 aromatic carbocycles. The number of hydrogen-bond donors (Lipinski definition) is 1. The second-order valence-corrected chi connectivity index (χ2v) is 7.93. The van der Waals surface area contributed by atoms with Crippen molar-refractivity contribution in [3.8, 4) is 0 Å². The lowest BCUT2D eigenvalue weighted by atomic mass is 9.93. The summed E-state index contributed by atoms with van der Waals surface area (Å²) < 4.78 is 0. The van der Waals surface area contributed by atoms with Crippen molar-refractivity contribution in [1.29, 1.82) is 0 Å². The van der Waals surface area contributed by atoms with Gasteiger partial charge in [-0.15, -0.1) is 0 Å². The smallest absolute Gasteiger partial charge is 0.226 e. The monoisotopic (exact) mass is 409 g/mol. The summed E-state index contributed by atoms with van der Waals surface area (Å²) in [6.45, 7) is 3.47. The Morgan fingerprint density at radius 1 is 1.14 bits per heavy atom. The lowest BCUT2D eigenvalue weighted by molar-refractivity contribution is -0.129. The highest BCUT2D eigenvalue weighted by Gasteiger charge is 2.28. The summed E-state index contributed by atoms with van der Waals surface area (Å²) in [6, 6.07) is 13.1. The van der Waals surface area contributed by atoms with Crippen molar-refractivity contribution >= 4 is 40.9 Å². The van der Waals surface area contributed by atoms with Gasteiger partial charge in [0, 0.05) is 31.2 Å². The summed E-state index contributed by atoms with van der Waals surface area (Å²) in [7, 11) is 0. The molecule has 5 nitrogen and oxygen atoms in total. The molecule has 1 fully saturated rings. The predicted molar refractivity (Wildman–Crippen MR) is 117 cm³/mol. The Bertz CT molecular complexity index is 966. The van der Waals surface area contributed by atoms with Crippen molar-refractivity contribution in [3.63, 3.8) is 0 Å². The topological polar surface area (TPSA) is 52.7 Å². The Morgan fingerprint density at radius 3 is 2.66 bits per heavy atom. The molecule has 1 saturated heterocycles. The van der Waals surface area contributed by atoms with Crippen molar-refractivity contribution < 1.29 is 9.59 Å². The third kappa shape index (κ3) is 4.15. The quantitative estimate of drug-likeness (QED) is 0.785. The highest BCUT2D eigenvalue weighted by atomic mass is 35.5. The first-order valence-electron chi connectivity index (χ1n) is 9.93. The minimum atomic E-state index is -0.330. The average molecular weight is 410 g/mol. The number of carbonyl (C=O) groups excluding carboxylic acids is 2. The third-order valence-corrected chi connectivity index (χ3v) is 5.76. The zero-order valence-electron chi connectivity index (χ0n) is 16.4. The van der Waals surface area contributed by atoms with Crippen molar-refractivity contribution in [3.05, 3.63) is 64.8 Å². The van der Waals surface area contributed by atoms with E-state index in [1.54, 1.807) is 17.2 Å². The molecule has 1 atom stereocenters. The van der Waals surface area contributed by atoms with Crippen LogP contribution in [0.25, 0.3) is 6.08 Å². The number of hydrogen-bond acceptors (Lipinski definition) is 3. The summed E-state index contributed by atoms with van der Waals surface area (Å²) >= 11 is 6.20. The van der Waals surface area contributed by atoms with E-state index in [2.05, 4.69) is 10.2 Å². The fourth-order valence-electron chi connectivity index (χ4n) is 4.13. The van der Waals surface area contributed by atoms with Crippen LogP contribution in [0.3, 0.4) is 0 Å². The summed E-state index contributed by atoms with van der Waals surface area (Å²) in [5.41, 5.74) is 3.72. The van der Waals surface area contributed by atoms with Crippen LogP contribution in [-0.4, -0.2) is 29.8 Å².